The molecule has 0 aromatic heterocycles. The van der Waals surface area contributed by atoms with Crippen molar-refractivity contribution in [3.63, 3.8) is 0 Å². The van der Waals surface area contributed by atoms with Crippen LogP contribution in [0.2, 0.25) is 0 Å². The van der Waals surface area contributed by atoms with Gasteiger partial charge in [-0.05, 0) is 56.3 Å². The van der Waals surface area contributed by atoms with E-state index in [0.29, 0.717) is 55.5 Å². The van der Waals surface area contributed by atoms with Crippen LogP contribution in [0, 0.1) is 0 Å². The Balaban J connectivity index is 1.80. The number of hydrogen-bond acceptors (Lipinski definition) is 6. The maximum atomic E-state index is 12.6. The van der Waals surface area contributed by atoms with E-state index in [4.69, 9.17) is 14.2 Å². The van der Waals surface area contributed by atoms with Crippen LogP contribution in [0.3, 0.4) is 0 Å². The second-order valence-electron chi connectivity index (χ2n) is 6.46. The van der Waals surface area contributed by atoms with Crippen LogP contribution in [-0.2, 0) is 9.47 Å². The van der Waals surface area contributed by atoms with Crippen LogP contribution in [0.15, 0.2) is 42.5 Å². The van der Waals surface area contributed by atoms with Crippen molar-refractivity contribution in [3.05, 3.63) is 53.6 Å². The summed E-state index contributed by atoms with van der Waals surface area (Å²) in [6.45, 7) is 7.14. The molecule has 2 aromatic rings. The van der Waals surface area contributed by atoms with Crippen molar-refractivity contribution in [2.75, 3.05) is 49.7 Å². The highest BCUT2D eigenvalue weighted by Crippen LogP contribution is 2.26. The van der Waals surface area contributed by atoms with Crippen LogP contribution in [0.1, 0.15) is 34.6 Å². The topological polar surface area (TPSA) is 77.1 Å². The summed E-state index contributed by atoms with van der Waals surface area (Å²) in [5.41, 5.74) is 2.25. The largest absolute Gasteiger partial charge is 0.494 e. The molecule has 154 valence electrons. The average Bonchev–Trinajstić information content (AvgIpc) is 2.75. The number of nitrogens with one attached hydrogen (secondary N) is 1. The normalized spacial score (nSPS) is 13.7. The lowest BCUT2D eigenvalue weighted by atomic mass is 10.1. The Kier molecular flexibility index (Phi) is 7.08. The van der Waals surface area contributed by atoms with Crippen LogP contribution in [0.4, 0.5) is 11.4 Å². The maximum Gasteiger partial charge on any atom is 0.340 e. The van der Waals surface area contributed by atoms with Crippen molar-refractivity contribution in [2.45, 2.75) is 13.8 Å². The smallest absolute Gasteiger partial charge is 0.340 e. The molecule has 0 unspecified atom stereocenters. The minimum Gasteiger partial charge on any atom is -0.494 e. The second kappa shape index (κ2) is 9.93. The van der Waals surface area contributed by atoms with Gasteiger partial charge in [0.1, 0.15) is 5.75 Å². The Morgan fingerprint density at radius 3 is 2.41 bits per heavy atom. The number of anilines is 2. The van der Waals surface area contributed by atoms with Gasteiger partial charge >= 0.3 is 5.97 Å². The molecule has 2 aromatic carbocycles. The van der Waals surface area contributed by atoms with E-state index in [-0.39, 0.29) is 12.5 Å². The van der Waals surface area contributed by atoms with E-state index in [1.165, 1.54) is 0 Å². The molecular formula is C22H26N2O5. The van der Waals surface area contributed by atoms with E-state index in [9.17, 15) is 9.59 Å². The number of morpholine rings is 1. The van der Waals surface area contributed by atoms with Gasteiger partial charge in [0.2, 0.25) is 0 Å². The highest BCUT2D eigenvalue weighted by Gasteiger charge is 2.21. The summed E-state index contributed by atoms with van der Waals surface area (Å²) in [5, 5.41) is 2.85. The fourth-order valence-electron chi connectivity index (χ4n) is 3.14. The van der Waals surface area contributed by atoms with Gasteiger partial charge in [-0.2, -0.15) is 0 Å². The Morgan fingerprint density at radius 1 is 1.03 bits per heavy atom. The fourth-order valence-corrected chi connectivity index (χ4v) is 3.14. The molecule has 1 heterocycles. The number of carbonyl (C=O) groups is 2. The number of carbonyl (C=O) groups excluding carboxylic acids is 2. The summed E-state index contributed by atoms with van der Waals surface area (Å²) in [4.78, 5) is 27.2. The zero-order valence-electron chi connectivity index (χ0n) is 16.8. The highest BCUT2D eigenvalue weighted by molar-refractivity contribution is 6.05. The van der Waals surface area contributed by atoms with Gasteiger partial charge < -0.3 is 24.4 Å². The lowest BCUT2D eigenvalue weighted by molar-refractivity contribution is 0.0526. The molecule has 7 heteroatoms. The van der Waals surface area contributed by atoms with Crippen molar-refractivity contribution < 1.29 is 23.8 Å². The van der Waals surface area contributed by atoms with Gasteiger partial charge in [-0.25, -0.2) is 4.79 Å². The summed E-state index contributed by atoms with van der Waals surface area (Å²) in [7, 11) is 0. The first-order chi connectivity index (χ1) is 14.1. The van der Waals surface area contributed by atoms with E-state index in [0.717, 1.165) is 5.69 Å². The average molecular weight is 398 g/mol. The van der Waals surface area contributed by atoms with Gasteiger partial charge in [0.15, 0.2) is 0 Å². The predicted octanol–water partition coefficient (Wildman–Crippen LogP) is 3.35. The Morgan fingerprint density at radius 2 is 1.76 bits per heavy atom. The van der Waals surface area contributed by atoms with Crippen molar-refractivity contribution in [2.24, 2.45) is 0 Å². The Labute approximate surface area is 170 Å². The first kappa shape index (κ1) is 20.7. The van der Waals surface area contributed by atoms with Crippen LogP contribution in [-0.4, -0.2) is 51.4 Å². The molecule has 0 spiro atoms. The minimum absolute atomic E-state index is 0.262. The van der Waals surface area contributed by atoms with Crippen molar-refractivity contribution >= 4 is 23.3 Å². The first-order valence-corrected chi connectivity index (χ1v) is 9.80. The number of hydrogen-bond donors (Lipinski definition) is 1. The molecular weight excluding hydrogens is 372 g/mol. The van der Waals surface area contributed by atoms with E-state index in [2.05, 4.69) is 10.2 Å². The predicted molar refractivity (Wildman–Crippen MR) is 111 cm³/mol. The van der Waals surface area contributed by atoms with Gasteiger partial charge in [0.25, 0.3) is 5.91 Å². The molecule has 1 aliphatic rings. The molecule has 0 atom stereocenters. The highest BCUT2D eigenvalue weighted by atomic mass is 16.5. The van der Waals surface area contributed by atoms with Gasteiger partial charge in [-0.3, -0.25) is 4.79 Å². The Hall–Kier alpha value is -3.06. The molecule has 1 saturated heterocycles. The van der Waals surface area contributed by atoms with Crippen molar-refractivity contribution in [1.29, 1.82) is 0 Å². The minimum atomic E-state index is -0.411. The van der Waals surface area contributed by atoms with Gasteiger partial charge in [-0.15, -0.1) is 0 Å². The third-order valence-electron chi connectivity index (χ3n) is 4.53. The molecule has 1 N–H and O–H groups in total. The molecule has 7 nitrogen and oxygen atoms in total. The van der Waals surface area contributed by atoms with E-state index in [1.54, 1.807) is 43.3 Å². The number of nitrogens with zero attached hydrogens (tertiary/aromatic N) is 1. The molecule has 29 heavy (non-hydrogen) atoms. The van der Waals surface area contributed by atoms with Gasteiger partial charge in [0, 0.05) is 24.3 Å². The standard InChI is InChI=1S/C22H26N2O5/c1-3-28-18-8-5-16(6-9-18)21(25)23-17-7-10-20(24-11-13-27-14-12-24)19(15-17)22(26)29-4-2/h5-10,15H,3-4,11-14H2,1-2H3,(H,23,25). The summed E-state index contributed by atoms with van der Waals surface area (Å²) in [6.07, 6.45) is 0. The fraction of sp³-hybridized carbons (Fsp3) is 0.364. The third kappa shape index (κ3) is 5.26. The molecule has 1 amide bonds. The monoisotopic (exact) mass is 398 g/mol. The lowest BCUT2D eigenvalue weighted by Crippen LogP contribution is -2.37. The molecule has 1 fully saturated rings. The number of benzene rings is 2. The molecule has 0 saturated carbocycles. The third-order valence-corrected chi connectivity index (χ3v) is 4.53. The zero-order chi connectivity index (χ0) is 20.6. The van der Waals surface area contributed by atoms with Crippen LogP contribution in [0.5, 0.6) is 5.75 Å². The quantitative estimate of drug-likeness (QED) is 0.721. The van der Waals surface area contributed by atoms with E-state index >= 15 is 0 Å². The van der Waals surface area contributed by atoms with Crippen molar-refractivity contribution in [3.8, 4) is 5.75 Å². The molecule has 0 radical (unpaired) electrons. The summed E-state index contributed by atoms with van der Waals surface area (Å²) in [6, 6.07) is 12.2. The number of ether oxygens (including phenoxy) is 3. The second-order valence-corrected chi connectivity index (χ2v) is 6.46. The van der Waals surface area contributed by atoms with Crippen LogP contribution < -0.4 is 15.0 Å². The Bertz CT molecular complexity index is 845. The van der Waals surface area contributed by atoms with Crippen molar-refractivity contribution in [1.82, 2.24) is 0 Å². The van der Waals surface area contributed by atoms with Crippen LogP contribution in [0.25, 0.3) is 0 Å². The van der Waals surface area contributed by atoms with E-state index < -0.39 is 5.97 Å². The number of esters is 1. The molecule has 0 bridgehead atoms. The van der Waals surface area contributed by atoms with Gasteiger partial charge in [-0.1, -0.05) is 0 Å². The SMILES string of the molecule is CCOC(=O)c1cc(NC(=O)c2ccc(OCC)cc2)ccc1N1CCOCC1. The number of rotatable bonds is 7. The summed E-state index contributed by atoms with van der Waals surface area (Å²) >= 11 is 0. The first-order valence-electron chi connectivity index (χ1n) is 9.80. The van der Waals surface area contributed by atoms with Crippen LogP contribution >= 0.6 is 0 Å². The molecule has 3 rings (SSSR count). The van der Waals surface area contributed by atoms with E-state index in [1.807, 2.05) is 13.0 Å². The zero-order valence-corrected chi connectivity index (χ0v) is 16.8. The maximum absolute atomic E-state index is 12.6. The summed E-state index contributed by atoms with van der Waals surface area (Å²) in [5.74, 6) is 0.0386. The lowest BCUT2D eigenvalue weighted by Gasteiger charge is -2.30. The summed E-state index contributed by atoms with van der Waals surface area (Å²) < 4.78 is 16.0. The number of amides is 1. The molecule has 1 aliphatic heterocycles. The molecule has 0 aliphatic carbocycles. The van der Waals surface area contributed by atoms with Gasteiger partial charge in [0.05, 0.1) is 37.7 Å².